The molecule has 0 aliphatic carbocycles. The number of anilines is 1. The molecule has 2 aliphatic heterocycles. The monoisotopic (exact) mass is 371 g/mol. The lowest BCUT2D eigenvalue weighted by atomic mass is 9.88. The molecule has 0 spiro atoms. The van der Waals surface area contributed by atoms with Crippen LogP contribution in [0.5, 0.6) is 0 Å². The molecule has 8 heteroatoms. The van der Waals surface area contributed by atoms with Gasteiger partial charge in [0.15, 0.2) is 5.69 Å². The van der Waals surface area contributed by atoms with Crippen LogP contribution in [0.3, 0.4) is 0 Å². The molecule has 4 rings (SSSR count). The van der Waals surface area contributed by atoms with E-state index in [1.165, 1.54) is 6.26 Å². The average Bonchev–Trinajstić information content (AvgIpc) is 3.28. The summed E-state index contributed by atoms with van der Waals surface area (Å²) >= 11 is 0. The van der Waals surface area contributed by atoms with Crippen LogP contribution in [0.25, 0.3) is 0 Å². The highest BCUT2D eigenvalue weighted by molar-refractivity contribution is 5.87. The second-order valence-corrected chi connectivity index (χ2v) is 6.75. The number of aromatic nitrogens is 1. The molecule has 1 unspecified atom stereocenters. The number of cyclic esters (lactones) is 1. The summed E-state index contributed by atoms with van der Waals surface area (Å²) in [4.78, 5) is 32.0. The standard InChI is InChI=1S/C19H21N3O5/c1-2-25-16(23)15-11-26-17(20-15)21-8-9-22-18(24)27-13-19(22,12-21)10-14-6-4-3-5-7-14/h3-7,11H,2,8-10,12-13H2,1H3. The number of nitrogens with zero attached hydrogens (tertiary/aromatic N) is 3. The molecule has 0 saturated carbocycles. The normalized spacial score (nSPS) is 21.7. The zero-order chi connectivity index (χ0) is 18.9. The molecule has 0 bridgehead atoms. The number of amides is 1. The quantitative estimate of drug-likeness (QED) is 0.744. The third kappa shape index (κ3) is 3.22. The Bertz CT molecular complexity index is 837. The van der Waals surface area contributed by atoms with Crippen molar-refractivity contribution in [2.75, 3.05) is 37.7 Å². The average molecular weight is 371 g/mol. The lowest BCUT2D eigenvalue weighted by molar-refractivity contribution is 0.0519. The number of hydrogen-bond donors (Lipinski definition) is 0. The van der Waals surface area contributed by atoms with Gasteiger partial charge in [-0.2, -0.15) is 4.98 Å². The predicted octanol–water partition coefficient (Wildman–Crippen LogP) is 2.10. The molecule has 2 fully saturated rings. The molecule has 8 nitrogen and oxygen atoms in total. The predicted molar refractivity (Wildman–Crippen MR) is 95.6 cm³/mol. The summed E-state index contributed by atoms with van der Waals surface area (Å²) in [6.45, 7) is 3.89. The van der Waals surface area contributed by atoms with Gasteiger partial charge >= 0.3 is 12.1 Å². The molecular formula is C19H21N3O5. The van der Waals surface area contributed by atoms with Crippen LogP contribution in [0.1, 0.15) is 23.0 Å². The van der Waals surface area contributed by atoms with Gasteiger partial charge in [0, 0.05) is 26.1 Å². The van der Waals surface area contributed by atoms with Gasteiger partial charge in [-0.15, -0.1) is 0 Å². The maximum absolute atomic E-state index is 12.2. The highest BCUT2D eigenvalue weighted by Gasteiger charge is 2.51. The fourth-order valence-electron chi connectivity index (χ4n) is 3.71. The molecule has 2 aromatic rings. The first-order valence-corrected chi connectivity index (χ1v) is 8.97. The van der Waals surface area contributed by atoms with Crippen molar-refractivity contribution in [3.63, 3.8) is 0 Å². The molecule has 0 radical (unpaired) electrons. The number of rotatable bonds is 5. The van der Waals surface area contributed by atoms with E-state index in [4.69, 9.17) is 13.9 Å². The lowest BCUT2D eigenvalue weighted by Crippen LogP contribution is -2.62. The molecule has 142 valence electrons. The van der Waals surface area contributed by atoms with Gasteiger partial charge in [0.1, 0.15) is 18.4 Å². The molecular weight excluding hydrogens is 350 g/mol. The number of carbonyl (C=O) groups is 2. The fourth-order valence-corrected chi connectivity index (χ4v) is 3.71. The largest absolute Gasteiger partial charge is 0.461 e. The van der Waals surface area contributed by atoms with Crippen LogP contribution in [0.4, 0.5) is 10.8 Å². The molecule has 2 saturated heterocycles. The van der Waals surface area contributed by atoms with Crippen LogP contribution in [0.15, 0.2) is 41.0 Å². The highest BCUT2D eigenvalue weighted by atomic mass is 16.6. The molecule has 3 heterocycles. The van der Waals surface area contributed by atoms with Crippen molar-refractivity contribution in [1.29, 1.82) is 0 Å². The van der Waals surface area contributed by atoms with Gasteiger partial charge < -0.3 is 18.8 Å². The van der Waals surface area contributed by atoms with Crippen molar-refractivity contribution >= 4 is 18.1 Å². The SMILES string of the molecule is CCOC(=O)c1coc(N2CCN3C(=O)OCC3(Cc3ccccc3)C2)n1. The van der Waals surface area contributed by atoms with Crippen LogP contribution < -0.4 is 4.90 Å². The van der Waals surface area contributed by atoms with Gasteiger partial charge in [0.2, 0.25) is 0 Å². The number of ether oxygens (including phenoxy) is 2. The summed E-state index contributed by atoms with van der Waals surface area (Å²) in [5, 5.41) is 0. The topological polar surface area (TPSA) is 85.1 Å². The minimum atomic E-state index is -0.510. The summed E-state index contributed by atoms with van der Waals surface area (Å²) < 4.78 is 15.8. The summed E-state index contributed by atoms with van der Waals surface area (Å²) in [6, 6.07) is 10.4. The fraction of sp³-hybridized carbons (Fsp3) is 0.421. The molecule has 1 aromatic carbocycles. The van der Waals surface area contributed by atoms with E-state index in [9.17, 15) is 9.59 Å². The molecule has 27 heavy (non-hydrogen) atoms. The first-order chi connectivity index (χ1) is 13.1. The van der Waals surface area contributed by atoms with Crippen LogP contribution in [0, 0.1) is 0 Å². The Balaban J connectivity index is 1.57. The molecule has 1 aromatic heterocycles. The van der Waals surface area contributed by atoms with E-state index < -0.39 is 11.5 Å². The number of oxazole rings is 1. The Labute approximate surface area is 156 Å². The summed E-state index contributed by atoms with van der Waals surface area (Å²) in [7, 11) is 0. The molecule has 0 N–H and O–H groups in total. The van der Waals surface area contributed by atoms with Crippen molar-refractivity contribution < 1.29 is 23.5 Å². The first-order valence-electron chi connectivity index (χ1n) is 8.97. The second-order valence-electron chi connectivity index (χ2n) is 6.75. The van der Waals surface area contributed by atoms with Gasteiger partial charge in [-0.3, -0.25) is 4.90 Å². The van der Waals surface area contributed by atoms with Crippen molar-refractivity contribution in [3.05, 3.63) is 47.9 Å². The maximum Gasteiger partial charge on any atom is 0.410 e. The minimum absolute atomic E-state index is 0.144. The van der Waals surface area contributed by atoms with Crippen LogP contribution in [0.2, 0.25) is 0 Å². The van der Waals surface area contributed by atoms with E-state index in [1.54, 1.807) is 11.8 Å². The molecule has 1 atom stereocenters. The van der Waals surface area contributed by atoms with E-state index >= 15 is 0 Å². The number of fused-ring (bicyclic) bond motifs is 1. The number of hydrogen-bond acceptors (Lipinski definition) is 7. The summed E-state index contributed by atoms with van der Waals surface area (Å²) in [6.07, 6.45) is 1.69. The minimum Gasteiger partial charge on any atom is -0.461 e. The zero-order valence-corrected chi connectivity index (χ0v) is 15.1. The van der Waals surface area contributed by atoms with Gasteiger partial charge in [-0.05, 0) is 12.5 Å². The summed E-state index contributed by atoms with van der Waals surface area (Å²) in [5.74, 6) is -0.510. The van der Waals surface area contributed by atoms with Crippen molar-refractivity contribution in [3.8, 4) is 0 Å². The Morgan fingerprint density at radius 3 is 2.89 bits per heavy atom. The number of benzene rings is 1. The number of esters is 1. The van der Waals surface area contributed by atoms with E-state index in [0.29, 0.717) is 38.7 Å². The lowest BCUT2D eigenvalue weighted by Gasteiger charge is -2.44. The third-order valence-electron chi connectivity index (χ3n) is 4.96. The van der Waals surface area contributed by atoms with Crippen molar-refractivity contribution in [2.24, 2.45) is 0 Å². The Hall–Kier alpha value is -3.03. The highest BCUT2D eigenvalue weighted by Crippen LogP contribution is 2.34. The zero-order valence-electron chi connectivity index (χ0n) is 15.1. The van der Waals surface area contributed by atoms with E-state index in [1.807, 2.05) is 35.2 Å². The molecule has 1 amide bonds. The second kappa shape index (κ2) is 6.94. The van der Waals surface area contributed by atoms with E-state index in [-0.39, 0.29) is 18.4 Å². The maximum atomic E-state index is 12.2. The van der Waals surface area contributed by atoms with E-state index in [0.717, 1.165) is 5.56 Å². The summed E-state index contributed by atoms with van der Waals surface area (Å²) in [5.41, 5.74) is 0.780. The Morgan fingerprint density at radius 1 is 1.30 bits per heavy atom. The van der Waals surface area contributed by atoms with Gasteiger partial charge in [0.25, 0.3) is 6.01 Å². The number of carbonyl (C=O) groups excluding carboxylic acids is 2. The first kappa shape index (κ1) is 17.4. The van der Waals surface area contributed by atoms with Crippen LogP contribution >= 0.6 is 0 Å². The van der Waals surface area contributed by atoms with E-state index in [2.05, 4.69) is 4.98 Å². The van der Waals surface area contributed by atoms with Crippen LogP contribution in [-0.2, 0) is 15.9 Å². The Morgan fingerprint density at radius 2 is 2.11 bits per heavy atom. The Kier molecular flexibility index (Phi) is 4.47. The van der Waals surface area contributed by atoms with Crippen molar-refractivity contribution in [2.45, 2.75) is 18.9 Å². The third-order valence-corrected chi connectivity index (χ3v) is 4.96. The van der Waals surface area contributed by atoms with Gasteiger partial charge in [0.05, 0.1) is 6.61 Å². The van der Waals surface area contributed by atoms with Gasteiger partial charge in [-0.1, -0.05) is 30.3 Å². The number of piperazine rings is 1. The molecule has 2 aliphatic rings. The smallest absolute Gasteiger partial charge is 0.410 e. The van der Waals surface area contributed by atoms with Gasteiger partial charge in [-0.25, -0.2) is 9.59 Å². The van der Waals surface area contributed by atoms with Crippen molar-refractivity contribution in [1.82, 2.24) is 9.88 Å². The van der Waals surface area contributed by atoms with Crippen LogP contribution in [-0.4, -0.2) is 60.3 Å².